The van der Waals surface area contributed by atoms with Gasteiger partial charge in [-0.15, -0.1) is 0 Å². The molecule has 11 heteroatoms. The Labute approximate surface area is 215 Å². The molecular formula is C25H28ClN3O6S. The SMILES string of the molecule is CS(=O)(=O)CCNc1cc(Cc2ccc(C(=O)N3CCOCC3)c3c2OCCO3)nc2c1C(Cl)=CC2. The number of nitrogens with zero attached hydrogens (tertiary/aromatic N) is 2. The van der Waals surface area contributed by atoms with Gasteiger partial charge in [0, 0.05) is 66.3 Å². The molecule has 1 aromatic carbocycles. The van der Waals surface area contributed by atoms with E-state index in [4.69, 9.17) is 30.8 Å². The van der Waals surface area contributed by atoms with Gasteiger partial charge >= 0.3 is 0 Å². The number of hydrogen-bond donors (Lipinski definition) is 1. The third kappa shape index (κ3) is 5.30. The number of carbonyl (C=O) groups is 1. The van der Waals surface area contributed by atoms with E-state index in [2.05, 4.69) is 5.32 Å². The van der Waals surface area contributed by atoms with Gasteiger partial charge in [-0.25, -0.2) is 8.42 Å². The largest absolute Gasteiger partial charge is 0.486 e. The fraction of sp³-hybridized carbons (Fsp3) is 0.440. The van der Waals surface area contributed by atoms with E-state index >= 15 is 0 Å². The zero-order valence-electron chi connectivity index (χ0n) is 20.0. The topological polar surface area (TPSA) is 107 Å². The summed E-state index contributed by atoms with van der Waals surface area (Å²) >= 11 is 6.42. The van der Waals surface area contributed by atoms with Crippen molar-refractivity contribution in [2.75, 3.05) is 63.4 Å². The van der Waals surface area contributed by atoms with Crippen molar-refractivity contribution < 1.29 is 27.4 Å². The van der Waals surface area contributed by atoms with E-state index < -0.39 is 9.84 Å². The summed E-state index contributed by atoms with van der Waals surface area (Å²) in [6, 6.07) is 5.57. The summed E-state index contributed by atoms with van der Waals surface area (Å²) in [5.74, 6) is 0.941. The molecular weight excluding hydrogens is 506 g/mol. The summed E-state index contributed by atoms with van der Waals surface area (Å²) in [6.45, 7) is 3.16. The number of sulfone groups is 1. The first-order chi connectivity index (χ1) is 17.3. The molecule has 3 aliphatic rings. The van der Waals surface area contributed by atoms with Gasteiger partial charge < -0.3 is 24.4 Å². The first kappa shape index (κ1) is 24.9. The molecule has 0 atom stereocenters. The Morgan fingerprint density at radius 3 is 2.64 bits per heavy atom. The van der Waals surface area contributed by atoms with Crippen LogP contribution in [0.2, 0.25) is 0 Å². The predicted molar refractivity (Wildman–Crippen MR) is 137 cm³/mol. The minimum absolute atomic E-state index is 0.0120. The highest BCUT2D eigenvalue weighted by molar-refractivity contribution is 7.90. The summed E-state index contributed by atoms with van der Waals surface area (Å²) in [7, 11) is -3.10. The van der Waals surface area contributed by atoms with E-state index in [9.17, 15) is 13.2 Å². The van der Waals surface area contributed by atoms with E-state index in [0.29, 0.717) is 74.5 Å². The van der Waals surface area contributed by atoms with Gasteiger partial charge in [-0.2, -0.15) is 0 Å². The van der Waals surface area contributed by atoms with Crippen molar-refractivity contribution in [2.24, 2.45) is 0 Å². The van der Waals surface area contributed by atoms with Gasteiger partial charge in [0.2, 0.25) is 0 Å². The van der Waals surface area contributed by atoms with E-state index in [1.807, 2.05) is 18.2 Å². The minimum Gasteiger partial charge on any atom is -0.486 e. The van der Waals surface area contributed by atoms with Crippen LogP contribution in [0.25, 0.3) is 5.03 Å². The number of hydrogen-bond acceptors (Lipinski definition) is 8. The molecule has 0 unspecified atom stereocenters. The van der Waals surface area contributed by atoms with Crippen LogP contribution in [0, 0.1) is 0 Å². The van der Waals surface area contributed by atoms with Crippen molar-refractivity contribution in [3.05, 3.63) is 52.4 Å². The Bertz CT molecular complexity index is 1320. The number of allylic oxidation sites excluding steroid dienone is 1. The monoisotopic (exact) mass is 533 g/mol. The Morgan fingerprint density at radius 1 is 1.14 bits per heavy atom. The maximum atomic E-state index is 13.2. The fourth-order valence-corrected chi connectivity index (χ4v) is 5.35. The third-order valence-electron chi connectivity index (χ3n) is 6.32. The summed E-state index contributed by atoms with van der Waals surface area (Å²) in [4.78, 5) is 19.8. The number of benzene rings is 1. The zero-order chi connectivity index (χ0) is 25.3. The molecule has 1 N–H and O–H groups in total. The Hall–Kier alpha value is -2.82. The number of nitrogens with one attached hydrogen (secondary N) is 1. The van der Waals surface area contributed by atoms with E-state index in [1.54, 1.807) is 11.0 Å². The van der Waals surface area contributed by atoms with Crippen LogP contribution >= 0.6 is 11.6 Å². The van der Waals surface area contributed by atoms with Crippen LogP contribution in [0.5, 0.6) is 11.5 Å². The standard InChI is InChI=1S/C25H28ClN3O6S/c1-36(31,32)13-6-27-21-15-17(28-20-5-4-19(26)22(20)21)14-16-2-3-18(24-23(16)34-11-12-35-24)25(30)29-7-9-33-10-8-29/h2-4,15H,5-14H2,1H3,(H,27,28). The van der Waals surface area contributed by atoms with Crippen LogP contribution in [0.1, 0.15) is 32.9 Å². The third-order valence-corrected chi connectivity index (χ3v) is 7.61. The second-order valence-electron chi connectivity index (χ2n) is 9.00. The van der Waals surface area contributed by atoms with Crippen molar-refractivity contribution in [3.8, 4) is 11.5 Å². The summed E-state index contributed by atoms with van der Waals surface area (Å²) < 4.78 is 40.5. The quantitative estimate of drug-likeness (QED) is 0.578. The van der Waals surface area contributed by atoms with Gasteiger partial charge in [0.25, 0.3) is 5.91 Å². The second-order valence-corrected chi connectivity index (χ2v) is 11.7. The lowest BCUT2D eigenvalue weighted by atomic mass is 10.0. The molecule has 1 saturated heterocycles. The number of carbonyl (C=O) groups excluding carboxylic acids is 1. The summed E-state index contributed by atoms with van der Waals surface area (Å²) in [5.41, 5.74) is 4.51. The average molecular weight is 534 g/mol. The lowest BCUT2D eigenvalue weighted by molar-refractivity contribution is 0.0298. The van der Waals surface area contributed by atoms with Crippen LogP contribution in [-0.4, -0.2) is 82.3 Å². The number of ether oxygens (including phenoxy) is 3. The Morgan fingerprint density at radius 2 is 1.89 bits per heavy atom. The van der Waals surface area contributed by atoms with Gasteiger partial charge in [0.1, 0.15) is 23.1 Å². The smallest absolute Gasteiger partial charge is 0.257 e. The highest BCUT2D eigenvalue weighted by Crippen LogP contribution is 2.40. The number of anilines is 1. The van der Waals surface area contributed by atoms with Gasteiger partial charge in [-0.1, -0.05) is 23.7 Å². The van der Waals surface area contributed by atoms with Crippen LogP contribution < -0.4 is 14.8 Å². The highest BCUT2D eigenvalue weighted by atomic mass is 35.5. The first-order valence-corrected chi connectivity index (χ1v) is 14.3. The first-order valence-electron chi connectivity index (χ1n) is 11.9. The minimum atomic E-state index is -3.10. The molecule has 192 valence electrons. The maximum Gasteiger partial charge on any atom is 0.257 e. The fourth-order valence-electron chi connectivity index (χ4n) is 4.59. The van der Waals surface area contributed by atoms with E-state index in [1.165, 1.54) is 6.26 Å². The predicted octanol–water partition coefficient (Wildman–Crippen LogP) is 2.51. The molecule has 3 heterocycles. The summed E-state index contributed by atoms with van der Waals surface area (Å²) in [5, 5.41) is 3.82. The number of fused-ring (bicyclic) bond motifs is 2. The van der Waals surface area contributed by atoms with Crippen molar-refractivity contribution in [1.29, 1.82) is 0 Å². The molecule has 0 spiro atoms. The van der Waals surface area contributed by atoms with Crippen molar-refractivity contribution in [1.82, 2.24) is 9.88 Å². The normalized spacial score (nSPS) is 16.9. The molecule has 1 fully saturated rings. The van der Waals surface area contributed by atoms with E-state index in [0.717, 1.165) is 28.2 Å². The molecule has 0 saturated carbocycles. The summed E-state index contributed by atoms with van der Waals surface area (Å²) in [6.07, 6.45) is 4.16. The maximum absolute atomic E-state index is 13.2. The number of amides is 1. The molecule has 0 radical (unpaired) electrons. The Kier molecular flexibility index (Phi) is 7.09. The molecule has 1 amide bonds. The molecule has 2 aliphatic heterocycles. The molecule has 1 aromatic heterocycles. The number of pyridine rings is 1. The van der Waals surface area contributed by atoms with Gasteiger partial charge in [0.15, 0.2) is 11.5 Å². The van der Waals surface area contributed by atoms with Crippen LogP contribution in [-0.2, 0) is 27.4 Å². The van der Waals surface area contributed by atoms with Crippen molar-refractivity contribution in [3.63, 3.8) is 0 Å². The number of rotatable bonds is 7. The van der Waals surface area contributed by atoms with E-state index in [-0.39, 0.29) is 18.2 Å². The van der Waals surface area contributed by atoms with Gasteiger partial charge in [-0.05, 0) is 12.1 Å². The highest BCUT2D eigenvalue weighted by Gasteiger charge is 2.28. The van der Waals surface area contributed by atoms with Crippen LogP contribution in [0.4, 0.5) is 5.69 Å². The van der Waals surface area contributed by atoms with Crippen molar-refractivity contribution in [2.45, 2.75) is 12.8 Å². The molecule has 9 nitrogen and oxygen atoms in total. The van der Waals surface area contributed by atoms with Gasteiger partial charge in [-0.3, -0.25) is 9.78 Å². The lowest BCUT2D eigenvalue weighted by Crippen LogP contribution is -2.41. The number of halogens is 1. The van der Waals surface area contributed by atoms with Crippen LogP contribution in [0.3, 0.4) is 0 Å². The van der Waals surface area contributed by atoms with Crippen LogP contribution in [0.15, 0.2) is 24.3 Å². The number of morpholine rings is 1. The molecule has 0 bridgehead atoms. The molecule has 1 aliphatic carbocycles. The lowest BCUT2D eigenvalue weighted by Gasteiger charge is -2.29. The Balaban J connectivity index is 1.44. The zero-order valence-corrected chi connectivity index (χ0v) is 21.6. The van der Waals surface area contributed by atoms with Gasteiger partial charge in [0.05, 0.1) is 30.2 Å². The average Bonchev–Trinajstić information content (AvgIpc) is 3.24. The molecule has 5 rings (SSSR count). The second kappa shape index (κ2) is 10.3. The molecule has 36 heavy (non-hydrogen) atoms. The molecule has 2 aromatic rings. The van der Waals surface area contributed by atoms with Crippen molar-refractivity contribution >= 4 is 38.1 Å². The number of aromatic nitrogens is 1.